The topological polar surface area (TPSA) is 12.0 Å². The molecule has 1 nitrogen and oxygen atoms in total. The molecule has 16 heavy (non-hydrogen) atoms. The van der Waals surface area contributed by atoms with E-state index in [-0.39, 0.29) is 0 Å². The summed E-state index contributed by atoms with van der Waals surface area (Å²) in [5.74, 6) is 0. The van der Waals surface area contributed by atoms with Gasteiger partial charge in [0.2, 0.25) is 0 Å². The molecule has 2 rings (SSSR count). The Morgan fingerprint density at radius 2 is 2.00 bits per heavy atom. The Labute approximate surface area is 129 Å². The van der Waals surface area contributed by atoms with E-state index in [0.29, 0.717) is 0 Å². The maximum atomic E-state index is 3.50. The van der Waals surface area contributed by atoms with Gasteiger partial charge in [0.1, 0.15) is 0 Å². The number of halogens is 3. The highest BCUT2D eigenvalue weighted by Gasteiger charge is 2.04. The number of hydrogen-bond donors (Lipinski definition) is 1. The summed E-state index contributed by atoms with van der Waals surface area (Å²) < 4.78 is 3.51. The van der Waals surface area contributed by atoms with E-state index >= 15 is 0 Å². The molecule has 0 amide bonds. The Morgan fingerprint density at radius 1 is 1.25 bits per heavy atom. The third-order valence-electron chi connectivity index (χ3n) is 2.02. The average molecular weight is 473 g/mol. The molecule has 2 aromatic rings. The minimum atomic E-state index is 0.856. The molecule has 0 unspecified atom stereocenters. The van der Waals surface area contributed by atoms with Crippen molar-refractivity contribution >= 4 is 71.5 Å². The van der Waals surface area contributed by atoms with E-state index in [4.69, 9.17) is 0 Å². The van der Waals surface area contributed by atoms with Crippen molar-refractivity contribution in [1.82, 2.24) is 0 Å². The van der Waals surface area contributed by atoms with Crippen molar-refractivity contribution in [2.75, 3.05) is 5.32 Å². The summed E-state index contributed by atoms with van der Waals surface area (Å²) in [4.78, 5) is 1.30. The SMILES string of the molecule is Brc1cc(CNc2ccccc2I)sc1Br. The van der Waals surface area contributed by atoms with E-state index in [0.717, 1.165) is 14.8 Å². The highest BCUT2D eigenvalue weighted by Crippen LogP contribution is 2.32. The summed E-state index contributed by atoms with van der Waals surface area (Å²) in [6.45, 7) is 0.856. The summed E-state index contributed by atoms with van der Waals surface area (Å²) in [6, 6.07) is 10.4. The van der Waals surface area contributed by atoms with Crippen molar-refractivity contribution in [3.05, 3.63) is 47.0 Å². The van der Waals surface area contributed by atoms with Crippen LogP contribution in [-0.2, 0) is 6.54 Å². The molecule has 84 valence electrons. The number of para-hydroxylation sites is 1. The van der Waals surface area contributed by atoms with Crippen molar-refractivity contribution in [2.45, 2.75) is 6.54 Å². The minimum absolute atomic E-state index is 0.856. The molecule has 1 N–H and O–H groups in total. The lowest BCUT2D eigenvalue weighted by molar-refractivity contribution is 1.19. The first-order chi connectivity index (χ1) is 7.66. The first kappa shape index (κ1) is 12.9. The molecular formula is C11H8Br2INS. The van der Waals surface area contributed by atoms with E-state index in [9.17, 15) is 0 Å². The molecule has 5 heteroatoms. The van der Waals surface area contributed by atoms with Crippen LogP contribution >= 0.6 is 65.8 Å². The van der Waals surface area contributed by atoms with Crippen LogP contribution in [-0.4, -0.2) is 0 Å². The summed E-state index contributed by atoms with van der Waals surface area (Å²) in [6.07, 6.45) is 0. The van der Waals surface area contributed by atoms with Crippen LogP contribution in [0.2, 0.25) is 0 Å². The fourth-order valence-electron chi connectivity index (χ4n) is 1.27. The molecule has 0 aliphatic rings. The van der Waals surface area contributed by atoms with Crippen LogP contribution < -0.4 is 5.32 Å². The Hall–Kier alpha value is 0.410. The second kappa shape index (κ2) is 5.84. The molecule has 0 fully saturated rings. The molecule has 0 radical (unpaired) electrons. The third kappa shape index (κ3) is 3.21. The lowest BCUT2D eigenvalue weighted by Crippen LogP contribution is -1.98. The van der Waals surface area contributed by atoms with Gasteiger partial charge >= 0.3 is 0 Å². The molecule has 0 aliphatic heterocycles. The van der Waals surface area contributed by atoms with Crippen molar-refractivity contribution in [2.24, 2.45) is 0 Å². The number of hydrogen-bond acceptors (Lipinski definition) is 2. The predicted octanol–water partition coefficient (Wildman–Crippen LogP) is 5.49. The van der Waals surface area contributed by atoms with Gasteiger partial charge in [-0.15, -0.1) is 11.3 Å². The van der Waals surface area contributed by atoms with E-state index in [1.54, 1.807) is 11.3 Å². The molecule has 0 spiro atoms. The van der Waals surface area contributed by atoms with Crippen LogP contribution in [0.3, 0.4) is 0 Å². The molecule has 1 heterocycles. The zero-order valence-corrected chi connectivity index (χ0v) is 14.3. The zero-order valence-electron chi connectivity index (χ0n) is 8.14. The van der Waals surface area contributed by atoms with Crippen molar-refractivity contribution in [3.8, 4) is 0 Å². The lowest BCUT2D eigenvalue weighted by Gasteiger charge is -2.06. The minimum Gasteiger partial charge on any atom is -0.379 e. The van der Waals surface area contributed by atoms with Gasteiger partial charge in [0.25, 0.3) is 0 Å². The van der Waals surface area contributed by atoms with Crippen LogP contribution in [0.15, 0.2) is 38.6 Å². The predicted molar refractivity (Wildman–Crippen MR) is 86.2 cm³/mol. The first-order valence-corrected chi connectivity index (χ1v) is 8.07. The lowest BCUT2D eigenvalue weighted by atomic mass is 10.3. The van der Waals surface area contributed by atoms with Gasteiger partial charge in [-0.1, -0.05) is 12.1 Å². The quantitative estimate of drug-likeness (QED) is 0.582. The maximum absolute atomic E-state index is 3.50. The van der Waals surface area contributed by atoms with Gasteiger partial charge in [-0.3, -0.25) is 0 Å². The monoisotopic (exact) mass is 471 g/mol. The van der Waals surface area contributed by atoms with Gasteiger partial charge in [-0.05, 0) is 72.6 Å². The number of nitrogens with one attached hydrogen (secondary N) is 1. The van der Waals surface area contributed by atoms with Crippen LogP contribution in [0.25, 0.3) is 0 Å². The van der Waals surface area contributed by atoms with E-state index in [2.05, 4.69) is 78.0 Å². The molecule has 0 atom stereocenters. The summed E-state index contributed by atoms with van der Waals surface area (Å²) in [5.41, 5.74) is 1.18. The van der Waals surface area contributed by atoms with E-state index in [1.807, 2.05) is 12.1 Å². The number of rotatable bonds is 3. The zero-order chi connectivity index (χ0) is 11.5. The van der Waals surface area contributed by atoms with Gasteiger partial charge in [0, 0.05) is 25.2 Å². The Bertz CT molecular complexity index is 479. The van der Waals surface area contributed by atoms with Gasteiger partial charge in [-0.2, -0.15) is 0 Å². The summed E-state index contributed by atoms with van der Waals surface area (Å²) in [5, 5.41) is 3.43. The molecule has 0 saturated heterocycles. The Morgan fingerprint density at radius 3 is 2.62 bits per heavy atom. The summed E-state index contributed by atoms with van der Waals surface area (Å²) >= 11 is 11.1. The fourth-order valence-corrected chi connectivity index (χ4v) is 3.96. The molecule has 0 aliphatic carbocycles. The first-order valence-electron chi connectivity index (χ1n) is 4.59. The fraction of sp³-hybridized carbons (Fsp3) is 0.0909. The van der Waals surface area contributed by atoms with E-state index < -0.39 is 0 Å². The smallest absolute Gasteiger partial charge is 0.0843 e. The van der Waals surface area contributed by atoms with Gasteiger partial charge < -0.3 is 5.32 Å². The Kier molecular flexibility index (Phi) is 4.69. The summed E-state index contributed by atoms with van der Waals surface area (Å²) in [7, 11) is 0. The second-order valence-electron chi connectivity index (χ2n) is 3.17. The molecule has 1 aromatic heterocycles. The largest absolute Gasteiger partial charge is 0.379 e. The van der Waals surface area contributed by atoms with Crippen LogP contribution in [0, 0.1) is 3.57 Å². The van der Waals surface area contributed by atoms with Crippen molar-refractivity contribution in [1.29, 1.82) is 0 Å². The standard InChI is InChI=1S/C11H8Br2INS/c12-8-5-7(16-11(8)13)6-15-10-4-2-1-3-9(10)14/h1-5,15H,6H2. The normalized spacial score (nSPS) is 10.4. The van der Waals surface area contributed by atoms with Gasteiger partial charge in [0.15, 0.2) is 0 Å². The van der Waals surface area contributed by atoms with Crippen molar-refractivity contribution in [3.63, 3.8) is 0 Å². The highest BCUT2D eigenvalue weighted by molar-refractivity contribution is 14.1. The number of benzene rings is 1. The van der Waals surface area contributed by atoms with Crippen LogP contribution in [0.5, 0.6) is 0 Å². The third-order valence-corrected chi connectivity index (χ3v) is 6.22. The highest BCUT2D eigenvalue weighted by atomic mass is 127. The molecular weight excluding hydrogens is 465 g/mol. The molecule has 0 saturated carbocycles. The number of anilines is 1. The second-order valence-corrected chi connectivity index (χ2v) is 7.64. The van der Waals surface area contributed by atoms with Crippen LogP contribution in [0.4, 0.5) is 5.69 Å². The van der Waals surface area contributed by atoms with Gasteiger partial charge in [-0.25, -0.2) is 0 Å². The molecule has 0 bridgehead atoms. The van der Waals surface area contributed by atoms with E-state index in [1.165, 1.54) is 14.1 Å². The maximum Gasteiger partial charge on any atom is 0.0843 e. The molecule has 1 aromatic carbocycles. The van der Waals surface area contributed by atoms with Crippen LogP contribution in [0.1, 0.15) is 4.88 Å². The van der Waals surface area contributed by atoms with Gasteiger partial charge in [0.05, 0.1) is 3.79 Å². The van der Waals surface area contributed by atoms with Crippen molar-refractivity contribution < 1.29 is 0 Å². The number of thiophene rings is 1. The Balaban J connectivity index is 2.05. The average Bonchev–Trinajstić information content (AvgIpc) is 2.57.